The van der Waals surface area contributed by atoms with Crippen molar-refractivity contribution in [2.45, 2.75) is 6.54 Å². The van der Waals surface area contributed by atoms with Crippen molar-refractivity contribution in [1.29, 1.82) is 0 Å². The maximum atomic E-state index is 9.68. The van der Waals surface area contributed by atoms with Gasteiger partial charge in [-0.2, -0.15) is 0 Å². The second-order valence-electron chi connectivity index (χ2n) is 3.16. The van der Waals surface area contributed by atoms with Gasteiger partial charge < -0.3 is 19.9 Å². The van der Waals surface area contributed by atoms with Gasteiger partial charge in [-0.25, -0.2) is 0 Å². The third-order valence-corrected chi connectivity index (χ3v) is 2.10. The molecule has 0 aliphatic heterocycles. The molecule has 16 heavy (non-hydrogen) atoms. The molecule has 0 amide bonds. The van der Waals surface area contributed by atoms with Gasteiger partial charge in [-0.3, -0.25) is 0 Å². The van der Waals surface area contributed by atoms with Crippen LogP contribution in [0.15, 0.2) is 12.1 Å². The number of benzene rings is 1. The highest BCUT2D eigenvalue weighted by molar-refractivity contribution is 5.52. The summed E-state index contributed by atoms with van der Waals surface area (Å²) in [4.78, 5) is 0. The van der Waals surface area contributed by atoms with Gasteiger partial charge in [-0.15, -0.1) is 6.42 Å². The SMILES string of the molecule is C#CCNCc1cc(OC)c(O)c(OC)c1. The first kappa shape index (κ1) is 12.2. The molecule has 4 heteroatoms. The number of hydrogen-bond donors (Lipinski definition) is 2. The fraction of sp³-hybridized carbons (Fsp3) is 0.333. The number of rotatable bonds is 5. The topological polar surface area (TPSA) is 50.7 Å². The minimum absolute atomic E-state index is 0.00528. The molecule has 0 bridgehead atoms. The summed E-state index contributed by atoms with van der Waals surface area (Å²) >= 11 is 0. The number of phenolic OH excluding ortho intramolecular Hbond substituents is 1. The second-order valence-corrected chi connectivity index (χ2v) is 3.16. The van der Waals surface area contributed by atoms with Crippen LogP contribution in [0.25, 0.3) is 0 Å². The average Bonchev–Trinajstić information content (AvgIpc) is 2.31. The van der Waals surface area contributed by atoms with Crippen molar-refractivity contribution in [2.75, 3.05) is 20.8 Å². The summed E-state index contributed by atoms with van der Waals surface area (Å²) < 4.78 is 10.1. The predicted octanol–water partition coefficient (Wildman–Crippen LogP) is 1.13. The van der Waals surface area contributed by atoms with Gasteiger partial charge in [0.15, 0.2) is 11.5 Å². The number of nitrogens with one attached hydrogen (secondary N) is 1. The first-order valence-electron chi connectivity index (χ1n) is 4.81. The number of hydrogen-bond acceptors (Lipinski definition) is 4. The predicted molar refractivity (Wildman–Crippen MR) is 61.8 cm³/mol. The van der Waals surface area contributed by atoms with E-state index in [2.05, 4.69) is 11.2 Å². The maximum Gasteiger partial charge on any atom is 0.200 e. The number of aromatic hydroxyl groups is 1. The molecule has 0 aromatic heterocycles. The second kappa shape index (κ2) is 5.89. The number of phenols is 1. The van der Waals surface area contributed by atoms with E-state index in [4.69, 9.17) is 15.9 Å². The first-order valence-corrected chi connectivity index (χ1v) is 4.81. The third-order valence-electron chi connectivity index (χ3n) is 2.10. The summed E-state index contributed by atoms with van der Waals surface area (Å²) in [6.07, 6.45) is 5.13. The van der Waals surface area contributed by atoms with Gasteiger partial charge in [-0.1, -0.05) is 5.92 Å². The van der Waals surface area contributed by atoms with Crippen molar-refractivity contribution < 1.29 is 14.6 Å². The third kappa shape index (κ3) is 2.81. The van der Waals surface area contributed by atoms with Gasteiger partial charge in [0.05, 0.1) is 20.8 Å². The minimum atomic E-state index is 0.00528. The Bertz CT molecular complexity index is 371. The zero-order valence-electron chi connectivity index (χ0n) is 9.41. The van der Waals surface area contributed by atoms with Crippen LogP contribution in [0.5, 0.6) is 17.2 Å². The molecule has 0 aliphatic carbocycles. The Labute approximate surface area is 95.2 Å². The Hall–Kier alpha value is -1.86. The molecule has 1 aromatic rings. The summed E-state index contributed by atoms with van der Waals surface area (Å²) in [7, 11) is 2.99. The van der Waals surface area contributed by atoms with E-state index in [-0.39, 0.29) is 5.75 Å². The van der Waals surface area contributed by atoms with Gasteiger partial charge in [0.25, 0.3) is 0 Å². The molecule has 0 atom stereocenters. The molecule has 4 nitrogen and oxygen atoms in total. The van der Waals surface area contributed by atoms with Gasteiger partial charge >= 0.3 is 0 Å². The van der Waals surface area contributed by atoms with Crippen LogP contribution in [0.1, 0.15) is 5.56 Å². The molecule has 2 N–H and O–H groups in total. The van der Waals surface area contributed by atoms with Crippen molar-refractivity contribution in [3.05, 3.63) is 17.7 Å². The molecule has 0 saturated carbocycles. The maximum absolute atomic E-state index is 9.68. The Morgan fingerprint density at radius 3 is 2.31 bits per heavy atom. The lowest BCUT2D eigenvalue weighted by Gasteiger charge is -2.11. The highest BCUT2D eigenvalue weighted by atomic mass is 16.5. The molecule has 0 heterocycles. The van der Waals surface area contributed by atoms with Crippen LogP contribution in [0.3, 0.4) is 0 Å². The molecule has 1 aromatic carbocycles. The standard InChI is InChI=1S/C12H15NO3/c1-4-5-13-8-9-6-10(15-2)12(14)11(7-9)16-3/h1,6-7,13-14H,5,8H2,2-3H3. The summed E-state index contributed by atoms with van der Waals surface area (Å²) in [5, 5.41) is 12.7. The van der Waals surface area contributed by atoms with Crippen molar-refractivity contribution in [3.8, 4) is 29.6 Å². The van der Waals surface area contributed by atoms with Crippen molar-refractivity contribution in [2.24, 2.45) is 0 Å². The van der Waals surface area contributed by atoms with Crippen molar-refractivity contribution in [3.63, 3.8) is 0 Å². The van der Waals surface area contributed by atoms with Crippen LogP contribution >= 0.6 is 0 Å². The van der Waals surface area contributed by atoms with Gasteiger partial charge in [0, 0.05) is 6.54 Å². The van der Waals surface area contributed by atoms with E-state index in [1.807, 2.05) is 0 Å². The molecule has 1 rings (SSSR count). The van der Waals surface area contributed by atoms with Crippen LogP contribution in [-0.2, 0) is 6.54 Å². The van der Waals surface area contributed by atoms with E-state index in [0.717, 1.165) is 5.56 Å². The zero-order valence-corrected chi connectivity index (χ0v) is 9.41. The molecular weight excluding hydrogens is 206 g/mol. The lowest BCUT2D eigenvalue weighted by molar-refractivity contribution is 0.339. The Kier molecular flexibility index (Phi) is 4.49. The molecule has 0 spiro atoms. The highest BCUT2D eigenvalue weighted by Crippen LogP contribution is 2.36. The van der Waals surface area contributed by atoms with Crippen LogP contribution in [0.4, 0.5) is 0 Å². The number of terminal acetylenes is 1. The van der Waals surface area contributed by atoms with Gasteiger partial charge in [0.1, 0.15) is 0 Å². The number of methoxy groups -OCH3 is 2. The van der Waals surface area contributed by atoms with E-state index >= 15 is 0 Å². The van der Waals surface area contributed by atoms with Crippen LogP contribution in [-0.4, -0.2) is 25.9 Å². The first-order chi connectivity index (χ1) is 7.72. The van der Waals surface area contributed by atoms with E-state index in [1.165, 1.54) is 14.2 Å². The van der Waals surface area contributed by atoms with Crippen molar-refractivity contribution in [1.82, 2.24) is 5.32 Å². The molecule has 0 fully saturated rings. The van der Waals surface area contributed by atoms with Crippen LogP contribution in [0.2, 0.25) is 0 Å². The van der Waals surface area contributed by atoms with Crippen molar-refractivity contribution >= 4 is 0 Å². The van der Waals surface area contributed by atoms with Crippen LogP contribution < -0.4 is 14.8 Å². The fourth-order valence-corrected chi connectivity index (χ4v) is 1.33. The van der Waals surface area contributed by atoms with Gasteiger partial charge in [-0.05, 0) is 17.7 Å². The van der Waals surface area contributed by atoms with E-state index < -0.39 is 0 Å². The highest BCUT2D eigenvalue weighted by Gasteiger charge is 2.10. The Morgan fingerprint density at radius 1 is 1.31 bits per heavy atom. The summed E-state index contributed by atoms with van der Waals surface area (Å²) in [6.45, 7) is 1.09. The minimum Gasteiger partial charge on any atom is -0.502 e. The Morgan fingerprint density at radius 2 is 1.88 bits per heavy atom. The quantitative estimate of drug-likeness (QED) is 0.578. The molecule has 0 unspecified atom stereocenters. The summed E-state index contributed by atoms with van der Waals surface area (Å²) in [5.41, 5.74) is 0.932. The zero-order chi connectivity index (χ0) is 12.0. The fourth-order valence-electron chi connectivity index (χ4n) is 1.33. The van der Waals surface area contributed by atoms with E-state index in [1.54, 1.807) is 12.1 Å². The Balaban J connectivity index is 2.90. The smallest absolute Gasteiger partial charge is 0.200 e. The van der Waals surface area contributed by atoms with E-state index in [9.17, 15) is 5.11 Å². The summed E-state index contributed by atoms with van der Waals surface area (Å²) in [6, 6.07) is 3.47. The average molecular weight is 221 g/mol. The largest absolute Gasteiger partial charge is 0.502 e. The van der Waals surface area contributed by atoms with Crippen LogP contribution in [0, 0.1) is 12.3 Å². The molecule has 0 aliphatic rings. The molecule has 86 valence electrons. The molecule has 0 saturated heterocycles. The molecular formula is C12H15NO3. The summed E-state index contributed by atoms with van der Waals surface area (Å²) in [5.74, 6) is 3.26. The monoisotopic (exact) mass is 221 g/mol. The molecule has 0 radical (unpaired) electrons. The van der Waals surface area contributed by atoms with Gasteiger partial charge in [0.2, 0.25) is 5.75 Å². The number of ether oxygens (including phenoxy) is 2. The lowest BCUT2D eigenvalue weighted by Crippen LogP contribution is -2.13. The van der Waals surface area contributed by atoms with E-state index in [0.29, 0.717) is 24.6 Å². The normalized spacial score (nSPS) is 9.56. The lowest BCUT2D eigenvalue weighted by atomic mass is 10.2.